The monoisotopic (exact) mass is 336 g/mol. The van der Waals surface area contributed by atoms with Crippen LogP contribution >= 0.6 is 0 Å². The molecule has 1 aromatic carbocycles. The van der Waals surface area contributed by atoms with Crippen LogP contribution in [0.15, 0.2) is 24.3 Å². The minimum Gasteiger partial charge on any atom is -0.301 e. The van der Waals surface area contributed by atoms with Crippen LogP contribution in [0.1, 0.15) is 26.2 Å². The van der Waals surface area contributed by atoms with Crippen LogP contribution in [0.3, 0.4) is 0 Å². The highest BCUT2D eigenvalue weighted by Crippen LogP contribution is 2.14. The first-order valence-corrected chi connectivity index (χ1v) is 12.4. The molecule has 1 aliphatic heterocycles. The molecule has 0 N–H and O–H groups in total. The van der Waals surface area contributed by atoms with E-state index in [2.05, 4.69) is 29.8 Å². The molecule has 1 saturated heterocycles. The van der Waals surface area contributed by atoms with E-state index in [1.807, 2.05) is 12.1 Å². The number of benzene rings is 1. The maximum atomic E-state index is 13.1. The minimum atomic E-state index is -1.42. The Bertz CT molecular complexity index is 453. The minimum absolute atomic E-state index is 0.125. The Morgan fingerprint density at radius 2 is 1.43 bits per heavy atom. The Balaban J connectivity index is 1.69. The van der Waals surface area contributed by atoms with E-state index in [-0.39, 0.29) is 5.82 Å². The first kappa shape index (κ1) is 18.6. The Kier molecular flexibility index (Phi) is 7.25. The number of nitrogens with zero attached hydrogens (tertiary/aromatic N) is 2. The van der Waals surface area contributed by atoms with Gasteiger partial charge in [0.2, 0.25) is 0 Å². The van der Waals surface area contributed by atoms with Gasteiger partial charge in [-0.1, -0.05) is 49.8 Å². The Hall–Kier alpha value is -0.713. The zero-order chi connectivity index (χ0) is 16.7. The highest BCUT2D eigenvalue weighted by molar-refractivity contribution is 6.89. The van der Waals surface area contributed by atoms with Crippen LogP contribution < -0.4 is 5.19 Å². The molecule has 0 atom stereocenters. The smallest absolute Gasteiger partial charge is 0.123 e. The Morgan fingerprint density at radius 3 is 1.96 bits per heavy atom. The highest BCUT2D eigenvalue weighted by atomic mass is 28.3. The number of rotatable bonds is 8. The summed E-state index contributed by atoms with van der Waals surface area (Å²) in [5.41, 5.74) is 0. The Morgan fingerprint density at radius 1 is 0.913 bits per heavy atom. The topological polar surface area (TPSA) is 6.48 Å². The standard InChI is InChI=1S/C19H33FN2Si/c1-4-5-11-21-13-15-22(16-14-21)12-6-17-23(2,3)19-9-7-18(20)8-10-19/h7-10H,4-6,11-17H2,1-3H3. The molecule has 0 unspecified atom stereocenters. The summed E-state index contributed by atoms with van der Waals surface area (Å²) in [5.74, 6) is -0.125. The van der Waals surface area contributed by atoms with Gasteiger partial charge in [-0.05, 0) is 38.1 Å². The molecule has 1 aromatic rings. The number of piperazine rings is 1. The molecular weight excluding hydrogens is 303 g/mol. The zero-order valence-corrected chi connectivity index (χ0v) is 16.2. The molecule has 0 radical (unpaired) electrons. The fourth-order valence-corrected chi connectivity index (χ4v) is 5.81. The van der Waals surface area contributed by atoms with Gasteiger partial charge in [0.25, 0.3) is 0 Å². The molecular formula is C19H33FN2Si. The van der Waals surface area contributed by atoms with Crippen LogP contribution in [0.5, 0.6) is 0 Å². The van der Waals surface area contributed by atoms with E-state index in [0.717, 1.165) is 0 Å². The molecule has 1 fully saturated rings. The third-order valence-electron chi connectivity index (χ3n) is 5.19. The summed E-state index contributed by atoms with van der Waals surface area (Å²) in [6, 6.07) is 8.50. The van der Waals surface area contributed by atoms with Crippen molar-refractivity contribution in [3.8, 4) is 0 Å². The van der Waals surface area contributed by atoms with Crippen molar-refractivity contribution in [2.24, 2.45) is 0 Å². The van der Waals surface area contributed by atoms with Gasteiger partial charge in [-0.3, -0.25) is 0 Å². The first-order chi connectivity index (χ1) is 11.0. The van der Waals surface area contributed by atoms with Crippen molar-refractivity contribution in [3.05, 3.63) is 30.1 Å². The maximum absolute atomic E-state index is 13.1. The second-order valence-corrected chi connectivity index (χ2v) is 12.4. The van der Waals surface area contributed by atoms with Crippen LogP contribution in [-0.4, -0.2) is 57.1 Å². The van der Waals surface area contributed by atoms with Crippen molar-refractivity contribution in [2.75, 3.05) is 39.3 Å². The van der Waals surface area contributed by atoms with Gasteiger partial charge in [0.1, 0.15) is 5.82 Å². The number of hydrogen-bond donors (Lipinski definition) is 0. The van der Waals surface area contributed by atoms with E-state index < -0.39 is 8.07 Å². The maximum Gasteiger partial charge on any atom is 0.123 e. The van der Waals surface area contributed by atoms with Gasteiger partial charge < -0.3 is 9.80 Å². The molecule has 0 saturated carbocycles. The number of halogens is 1. The summed E-state index contributed by atoms with van der Waals surface area (Å²) in [4.78, 5) is 5.23. The molecule has 1 heterocycles. The molecule has 23 heavy (non-hydrogen) atoms. The largest absolute Gasteiger partial charge is 0.301 e. The third kappa shape index (κ3) is 6.01. The van der Waals surface area contributed by atoms with E-state index in [4.69, 9.17) is 0 Å². The van der Waals surface area contributed by atoms with Crippen molar-refractivity contribution in [1.29, 1.82) is 0 Å². The quantitative estimate of drug-likeness (QED) is 0.670. The van der Waals surface area contributed by atoms with Crippen molar-refractivity contribution in [1.82, 2.24) is 9.80 Å². The molecule has 1 aliphatic rings. The lowest BCUT2D eigenvalue weighted by molar-refractivity contribution is 0.131. The summed E-state index contributed by atoms with van der Waals surface area (Å²) < 4.78 is 13.1. The second-order valence-electron chi connectivity index (χ2n) is 7.53. The van der Waals surface area contributed by atoms with Crippen molar-refractivity contribution in [3.63, 3.8) is 0 Å². The SMILES string of the molecule is CCCCN1CCN(CCC[Si](C)(C)c2ccc(F)cc2)CC1. The highest BCUT2D eigenvalue weighted by Gasteiger charge is 2.23. The van der Waals surface area contributed by atoms with Crippen molar-refractivity contribution in [2.45, 2.75) is 45.3 Å². The first-order valence-electron chi connectivity index (χ1n) is 9.22. The molecule has 0 amide bonds. The average molecular weight is 337 g/mol. The summed E-state index contributed by atoms with van der Waals surface area (Å²) in [5, 5.41) is 1.38. The van der Waals surface area contributed by atoms with Gasteiger partial charge in [0.15, 0.2) is 0 Å². The van der Waals surface area contributed by atoms with E-state index in [1.165, 1.54) is 69.8 Å². The van der Waals surface area contributed by atoms with Gasteiger partial charge in [0.05, 0.1) is 8.07 Å². The molecule has 2 nitrogen and oxygen atoms in total. The van der Waals surface area contributed by atoms with E-state index >= 15 is 0 Å². The van der Waals surface area contributed by atoms with Gasteiger partial charge >= 0.3 is 0 Å². The third-order valence-corrected chi connectivity index (χ3v) is 8.69. The fraction of sp³-hybridized carbons (Fsp3) is 0.684. The van der Waals surface area contributed by atoms with Crippen LogP contribution in [0, 0.1) is 5.82 Å². The normalized spacial score (nSPS) is 17.6. The number of unbranched alkanes of at least 4 members (excludes halogenated alkanes) is 1. The predicted octanol–water partition coefficient (Wildman–Crippen LogP) is 3.55. The van der Waals surface area contributed by atoms with Crippen LogP contribution in [0.4, 0.5) is 4.39 Å². The predicted molar refractivity (Wildman–Crippen MR) is 101 cm³/mol. The molecule has 0 aliphatic carbocycles. The Labute approximate surface area is 142 Å². The molecule has 0 bridgehead atoms. The molecule has 0 aromatic heterocycles. The van der Waals surface area contributed by atoms with E-state index in [0.29, 0.717) is 0 Å². The van der Waals surface area contributed by atoms with Crippen LogP contribution in [0.25, 0.3) is 0 Å². The van der Waals surface area contributed by atoms with Crippen LogP contribution in [-0.2, 0) is 0 Å². The lowest BCUT2D eigenvalue weighted by Gasteiger charge is -2.35. The summed E-state index contributed by atoms with van der Waals surface area (Å²) in [6.45, 7) is 14.5. The molecule has 2 rings (SSSR count). The number of hydrogen-bond acceptors (Lipinski definition) is 2. The lowest BCUT2D eigenvalue weighted by Crippen LogP contribution is -2.47. The van der Waals surface area contributed by atoms with E-state index in [1.54, 1.807) is 12.1 Å². The zero-order valence-electron chi connectivity index (χ0n) is 15.2. The average Bonchev–Trinajstić information content (AvgIpc) is 2.54. The van der Waals surface area contributed by atoms with Crippen molar-refractivity contribution >= 4 is 13.3 Å². The second kappa shape index (κ2) is 8.95. The fourth-order valence-electron chi connectivity index (χ4n) is 3.41. The van der Waals surface area contributed by atoms with Crippen molar-refractivity contribution < 1.29 is 4.39 Å². The van der Waals surface area contributed by atoms with E-state index in [9.17, 15) is 4.39 Å². The summed E-state index contributed by atoms with van der Waals surface area (Å²) in [6.07, 6.45) is 3.90. The van der Waals surface area contributed by atoms with Gasteiger partial charge in [0, 0.05) is 26.2 Å². The lowest BCUT2D eigenvalue weighted by atomic mass is 10.2. The molecule has 4 heteroatoms. The summed E-state index contributed by atoms with van der Waals surface area (Å²) >= 11 is 0. The van der Waals surface area contributed by atoms with Gasteiger partial charge in [-0.2, -0.15) is 0 Å². The molecule has 0 spiro atoms. The summed E-state index contributed by atoms with van der Waals surface area (Å²) in [7, 11) is -1.42. The van der Waals surface area contributed by atoms with Gasteiger partial charge in [-0.25, -0.2) is 4.39 Å². The van der Waals surface area contributed by atoms with Gasteiger partial charge in [-0.15, -0.1) is 0 Å². The molecule has 130 valence electrons. The van der Waals surface area contributed by atoms with Crippen LogP contribution in [0.2, 0.25) is 19.1 Å².